The molecule has 3 rings (SSSR count). The molecule has 0 amide bonds. The van der Waals surface area contributed by atoms with E-state index in [0.29, 0.717) is 17.8 Å². The molecule has 2 aliphatic rings. The van der Waals surface area contributed by atoms with Gasteiger partial charge in [0.05, 0.1) is 0 Å². The van der Waals surface area contributed by atoms with Gasteiger partial charge in [-0.05, 0) is 30.9 Å². The van der Waals surface area contributed by atoms with Crippen molar-refractivity contribution in [3.63, 3.8) is 0 Å². The lowest BCUT2D eigenvalue weighted by molar-refractivity contribution is 0.472. The van der Waals surface area contributed by atoms with Crippen molar-refractivity contribution in [2.75, 3.05) is 11.4 Å². The molecular formula is C12H16N2O. The first kappa shape index (κ1) is 9.04. The van der Waals surface area contributed by atoms with Crippen LogP contribution in [0.4, 0.5) is 5.69 Å². The Bertz CT molecular complexity index is 391. The van der Waals surface area contributed by atoms with Crippen molar-refractivity contribution in [2.24, 2.45) is 5.73 Å². The van der Waals surface area contributed by atoms with Crippen LogP contribution in [0.3, 0.4) is 0 Å². The van der Waals surface area contributed by atoms with Crippen LogP contribution in [0.15, 0.2) is 18.2 Å². The van der Waals surface area contributed by atoms with E-state index < -0.39 is 0 Å². The van der Waals surface area contributed by atoms with Crippen LogP contribution in [-0.2, 0) is 6.42 Å². The maximum atomic E-state index is 9.52. The Morgan fingerprint density at radius 3 is 3.07 bits per heavy atom. The molecule has 3 heteroatoms. The number of hydrogen-bond donors (Lipinski definition) is 2. The van der Waals surface area contributed by atoms with Gasteiger partial charge in [0.25, 0.3) is 0 Å². The van der Waals surface area contributed by atoms with Crippen LogP contribution in [-0.4, -0.2) is 23.7 Å². The molecule has 3 N–H and O–H groups in total. The van der Waals surface area contributed by atoms with Crippen LogP contribution in [0.25, 0.3) is 0 Å². The second kappa shape index (κ2) is 3.14. The number of benzene rings is 1. The molecule has 3 nitrogen and oxygen atoms in total. The van der Waals surface area contributed by atoms with E-state index in [2.05, 4.69) is 4.90 Å². The first-order valence-corrected chi connectivity index (χ1v) is 5.60. The predicted molar refractivity (Wildman–Crippen MR) is 60.2 cm³/mol. The second-order valence-corrected chi connectivity index (χ2v) is 4.56. The number of aromatic hydroxyl groups is 1. The number of phenols is 1. The Morgan fingerprint density at radius 1 is 1.33 bits per heavy atom. The lowest BCUT2D eigenvalue weighted by Crippen LogP contribution is -2.42. The van der Waals surface area contributed by atoms with Crippen molar-refractivity contribution in [3.05, 3.63) is 23.8 Å². The molecule has 2 unspecified atom stereocenters. The normalized spacial score (nSPS) is 28.7. The van der Waals surface area contributed by atoms with Crippen molar-refractivity contribution in [3.8, 4) is 5.75 Å². The fraction of sp³-hybridized carbons (Fsp3) is 0.500. The summed E-state index contributed by atoms with van der Waals surface area (Å²) in [5.74, 6) is 0.356. The molecule has 0 spiro atoms. The van der Waals surface area contributed by atoms with E-state index in [4.69, 9.17) is 5.73 Å². The minimum atomic E-state index is 0.306. The third-order valence-corrected chi connectivity index (χ3v) is 3.69. The molecule has 1 aromatic carbocycles. The molecule has 0 radical (unpaired) electrons. The van der Waals surface area contributed by atoms with Crippen molar-refractivity contribution in [1.29, 1.82) is 0 Å². The third-order valence-electron chi connectivity index (χ3n) is 3.69. The third kappa shape index (κ3) is 1.30. The second-order valence-electron chi connectivity index (χ2n) is 4.56. The quantitative estimate of drug-likeness (QED) is 0.668. The lowest BCUT2D eigenvalue weighted by Gasteiger charge is -2.35. The van der Waals surface area contributed by atoms with Gasteiger partial charge in [0.2, 0.25) is 0 Å². The van der Waals surface area contributed by atoms with E-state index >= 15 is 0 Å². The highest BCUT2D eigenvalue weighted by molar-refractivity contribution is 5.60. The molecule has 2 atom stereocenters. The predicted octanol–water partition coefficient (Wildman–Crippen LogP) is 1.24. The minimum absolute atomic E-state index is 0.306. The summed E-state index contributed by atoms with van der Waals surface area (Å²) in [7, 11) is 0. The number of anilines is 1. The van der Waals surface area contributed by atoms with E-state index in [1.807, 2.05) is 12.1 Å². The molecular weight excluding hydrogens is 188 g/mol. The van der Waals surface area contributed by atoms with Gasteiger partial charge in [0.15, 0.2) is 0 Å². The summed E-state index contributed by atoms with van der Waals surface area (Å²) in [6, 6.07) is 6.47. The van der Waals surface area contributed by atoms with E-state index in [0.717, 1.165) is 25.8 Å². The van der Waals surface area contributed by atoms with E-state index in [9.17, 15) is 5.11 Å². The molecule has 2 aliphatic heterocycles. The zero-order valence-corrected chi connectivity index (χ0v) is 8.69. The van der Waals surface area contributed by atoms with Gasteiger partial charge in [0.1, 0.15) is 5.75 Å². The van der Waals surface area contributed by atoms with Gasteiger partial charge in [-0.3, -0.25) is 0 Å². The summed E-state index contributed by atoms with van der Waals surface area (Å²) in [5.41, 5.74) is 8.62. The molecule has 80 valence electrons. The SMILES string of the molecule is NC1CCN2c3cc(O)ccc3CCC12. The zero-order chi connectivity index (χ0) is 10.4. The maximum absolute atomic E-state index is 9.52. The standard InChI is InChI=1S/C12H16N2O/c13-10-5-6-14-11(10)4-2-8-1-3-9(15)7-12(8)14/h1,3,7,10-11,15H,2,4-6,13H2. The summed E-state index contributed by atoms with van der Waals surface area (Å²) in [6.45, 7) is 1.03. The van der Waals surface area contributed by atoms with Gasteiger partial charge in [-0.25, -0.2) is 0 Å². The minimum Gasteiger partial charge on any atom is -0.508 e. The summed E-state index contributed by atoms with van der Waals surface area (Å²) in [5, 5.41) is 9.52. The summed E-state index contributed by atoms with van der Waals surface area (Å²) >= 11 is 0. The topological polar surface area (TPSA) is 49.5 Å². The highest BCUT2D eigenvalue weighted by atomic mass is 16.3. The molecule has 0 aromatic heterocycles. The molecule has 0 bridgehead atoms. The Morgan fingerprint density at radius 2 is 2.20 bits per heavy atom. The Labute approximate surface area is 89.5 Å². The summed E-state index contributed by atoms with van der Waals surface area (Å²) in [6.07, 6.45) is 3.31. The van der Waals surface area contributed by atoms with Crippen LogP contribution in [0.1, 0.15) is 18.4 Å². The highest BCUT2D eigenvalue weighted by Gasteiger charge is 2.35. The fourth-order valence-electron chi connectivity index (χ4n) is 2.88. The van der Waals surface area contributed by atoms with Gasteiger partial charge in [-0.2, -0.15) is 0 Å². The van der Waals surface area contributed by atoms with E-state index in [1.165, 1.54) is 11.3 Å². The van der Waals surface area contributed by atoms with Crippen molar-refractivity contribution >= 4 is 5.69 Å². The van der Waals surface area contributed by atoms with Gasteiger partial charge < -0.3 is 15.7 Å². The molecule has 15 heavy (non-hydrogen) atoms. The number of nitrogens with two attached hydrogens (primary N) is 1. The molecule has 1 fully saturated rings. The Hall–Kier alpha value is -1.22. The number of rotatable bonds is 0. The van der Waals surface area contributed by atoms with Crippen LogP contribution < -0.4 is 10.6 Å². The number of hydrogen-bond acceptors (Lipinski definition) is 3. The van der Waals surface area contributed by atoms with Gasteiger partial charge in [-0.15, -0.1) is 0 Å². The lowest BCUT2D eigenvalue weighted by atomic mass is 9.94. The average Bonchev–Trinajstić information content (AvgIpc) is 2.61. The van der Waals surface area contributed by atoms with E-state index in [1.54, 1.807) is 6.07 Å². The molecule has 1 saturated heterocycles. The van der Waals surface area contributed by atoms with Crippen LogP contribution in [0.2, 0.25) is 0 Å². The molecule has 0 saturated carbocycles. The monoisotopic (exact) mass is 204 g/mol. The van der Waals surface area contributed by atoms with E-state index in [-0.39, 0.29) is 0 Å². The van der Waals surface area contributed by atoms with Crippen molar-refractivity contribution in [2.45, 2.75) is 31.3 Å². The fourth-order valence-corrected chi connectivity index (χ4v) is 2.88. The smallest absolute Gasteiger partial charge is 0.117 e. The zero-order valence-electron chi connectivity index (χ0n) is 8.69. The van der Waals surface area contributed by atoms with Gasteiger partial charge >= 0.3 is 0 Å². The molecule has 1 aromatic rings. The first-order chi connectivity index (χ1) is 7.25. The number of fused-ring (bicyclic) bond motifs is 3. The maximum Gasteiger partial charge on any atom is 0.117 e. The van der Waals surface area contributed by atoms with Crippen LogP contribution in [0.5, 0.6) is 5.75 Å². The highest BCUT2D eigenvalue weighted by Crippen LogP contribution is 2.37. The van der Waals surface area contributed by atoms with Gasteiger partial charge in [0, 0.05) is 30.4 Å². The summed E-state index contributed by atoms with van der Waals surface area (Å²) in [4.78, 5) is 2.36. The molecule has 2 heterocycles. The first-order valence-electron chi connectivity index (χ1n) is 5.60. The van der Waals surface area contributed by atoms with Crippen LogP contribution in [0, 0.1) is 0 Å². The summed E-state index contributed by atoms with van der Waals surface area (Å²) < 4.78 is 0. The van der Waals surface area contributed by atoms with Crippen molar-refractivity contribution in [1.82, 2.24) is 0 Å². The Balaban J connectivity index is 2.04. The largest absolute Gasteiger partial charge is 0.508 e. The number of nitrogens with zero attached hydrogens (tertiary/aromatic N) is 1. The van der Waals surface area contributed by atoms with Gasteiger partial charge in [-0.1, -0.05) is 6.07 Å². The number of phenolic OH excluding ortho intramolecular Hbond substituents is 1. The molecule has 0 aliphatic carbocycles. The number of aryl methyl sites for hydroxylation is 1. The average molecular weight is 204 g/mol. The van der Waals surface area contributed by atoms with Crippen molar-refractivity contribution < 1.29 is 5.11 Å². The Kier molecular flexibility index (Phi) is 1.89. The van der Waals surface area contributed by atoms with Crippen LogP contribution >= 0.6 is 0 Å².